The Bertz CT molecular complexity index is 333. The molecule has 0 aliphatic rings. The van der Waals surface area contributed by atoms with Crippen LogP contribution in [0.5, 0.6) is 0 Å². The summed E-state index contributed by atoms with van der Waals surface area (Å²) in [5.74, 6) is -0.609. The first-order valence-electron chi connectivity index (χ1n) is 4.00. The molecular formula is C7H12N4O3. The molecule has 0 fully saturated rings. The maximum absolute atomic E-state index is 10.9. The highest BCUT2D eigenvalue weighted by molar-refractivity contribution is 5.75. The number of rotatable bonds is 4. The molecule has 78 valence electrons. The molecule has 7 heteroatoms. The molecule has 0 atom stereocenters. The van der Waals surface area contributed by atoms with Crippen molar-refractivity contribution >= 4 is 5.97 Å². The lowest BCUT2D eigenvalue weighted by Crippen LogP contribution is -2.38. The summed E-state index contributed by atoms with van der Waals surface area (Å²) in [5.41, 5.74) is -1.17. The van der Waals surface area contributed by atoms with Crippen LogP contribution in [-0.4, -0.2) is 38.4 Å². The summed E-state index contributed by atoms with van der Waals surface area (Å²) in [7, 11) is 1.49. The van der Waals surface area contributed by atoms with E-state index >= 15 is 0 Å². The van der Waals surface area contributed by atoms with E-state index in [2.05, 4.69) is 15.5 Å². The number of carbonyl (C=O) groups is 1. The molecule has 0 radical (unpaired) electrons. The lowest BCUT2D eigenvalue weighted by molar-refractivity contribution is -0.146. The van der Waals surface area contributed by atoms with Gasteiger partial charge in [0, 0.05) is 7.11 Å². The predicted molar refractivity (Wildman–Crippen MR) is 45.5 cm³/mol. The maximum Gasteiger partial charge on any atom is 0.331 e. The highest BCUT2D eigenvalue weighted by atomic mass is 16.5. The molecule has 0 amide bonds. The molecule has 0 aliphatic carbocycles. The van der Waals surface area contributed by atoms with Gasteiger partial charge < -0.3 is 9.84 Å². The normalized spacial score (nSPS) is 11.6. The molecule has 0 bridgehead atoms. The molecule has 0 saturated carbocycles. The molecule has 7 nitrogen and oxygen atoms in total. The molecule has 1 aromatic rings. The van der Waals surface area contributed by atoms with E-state index in [0.29, 0.717) is 5.82 Å². The Morgan fingerprint density at radius 2 is 2.29 bits per heavy atom. The van der Waals surface area contributed by atoms with Gasteiger partial charge in [-0.1, -0.05) is 0 Å². The molecule has 0 spiro atoms. The van der Waals surface area contributed by atoms with E-state index in [1.165, 1.54) is 25.6 Å². The Balaban J connectivity index is 3.05. The summed E-state index contributed by atoms with van der Waals surface area (Å²) in [4.78, 5) is 10.9. The van der Waals surface area contributed by atoms with Gasteiger partial charge in [0.15, 0.2) is 11.4 Å². The summed E-state index contributed by atoms with van der Waals surface area (Å²) < 4.78 is 6.08. The molecule has 1 heterocycles. The van der Waals surface area contributed by atoms with E-state index in [0.717, 1.165) is 0 Å². The number of carboxylic acid groups (broad SMARTS) is 1. The number of aliphatic carboxylic acids is 1. The van der Waals surface area contributed by atoms with Crippen molar-refractivity contribution in [2.75, 3.05) is 7.11 Å². The van der Waals surface area contributed by atoms with Gasteiger partial charge in [-0.25, -0.2) is 9.48 Å². The molecule has 0 saturated heterocycles. The molecule has 1 rings (SSSR count). The lowest BCUT2D eigenvalue weighted by Gasteiger charge is -2.19. The largest absolute Gasteiger partial charge is 0.479 e. The summed E-state index contributed by atoms with van der Waals surface area (Å²) in [6.07, 6.45) is 0. The second-order valence-corrected chi connectivity index (χ2v) is 3.30. The van der Waals surface area contributed by atoms with Crippen molar-refractivity contribution in [2.45, 2.75) is 26.0 Å². The van der Waals surface area contributed by atoms with Crippen molar-refractivity contribution < 1.29 is 14.6 Å². The van der Waals surface area contributed by atoms with Crippen molar-refractivity contribution in [1.29, 1.82) is 0 Å². The average Bonchev–Trinajstić information content (AvgIpc) is 2.53. The summed E-state index contributed by atoms with van der Waals surface area (Å²) in [6.45, 7) is 3.22. The van der Waals surface area contributed by atoms with E-state index in [1.54, 1.807) is 0 Å². The van der Waals surface area contributed by atoms with Crippen LogP contribution in [0.3, 0.4) is 0 Å². The maximum atomic E-state index is 10.9. The summed E-state index contributed by atoms with van der Waals surface area (Å²) in [5, 5.41) is 19.6. The van der Waals surface area contributed by atoms with Crippen LogP contribution >= 0.6 is 0 Å². The molecule has 0 aliphatic heterocycles. The van der Waals surface area contributed by atoms with Crippen LogP contribution in [-0.2, 0) is 21.7 Å². The van der Waals surface area contributed by atoms with Crippen molar-refractivity contribution in [2.24, 2.45) is 0 Å². The minimum atomic E-state index is -1.17. The van der Waals surface area contributed by atoms with Crippen molar-refractivity contribution in [3.8, 4) is 0 Å². The zero-order valence-corrected chi connectivity index (χ0v) is 8.26. The smallest absolute Gasteiger partial charge is 0.331 e. The van der Waals surface area contributed by atoms with Gasteiger partial charge in [0.25, 0.3) is 0 Å². The Kier molecular flexibility index (Phi) is 2.80. The van der Waals surface area contributed by atoms with Crippen LogP contribution in [0.1, 0.15) is 19.7 Å². The van der Waals surface area contributed by atoms with Crippen LogP contribution in [0.2, 0.25) is 0 Å². The highest BCUT2D eigenvalue weighted by Gasteiger charge is 2.33. The number of methoxy groups -OCH3 is 1. The van der Waals surface area contributed by atoms with Gasteiger partial charge in [-0.05, 0) is 24.3 Å². The second kappa shape index (κ2) is 3.70. The fraction of sp³-hybridized carbons (Fsp3) is 0.714. The van der Waals surface area contributed by atoms with Gasteiger partial charge in [-0.2, -0.15) is 0 Å². The Labute approximate surface area is 80.7 Å². The van der Waals surface area contributed by atoms with E-state index in [9.17, 15) is 4.79 Å². The van der Waals surface area contributed by atoms with E-state index < -0.39 is 11.5 Å². The number of ether oxygens (including phenoxy) is 1. The van der Waals surface area contributed by atoms with E-state index in [1.807, 2.05) is 0 Å². The number of aromatic nitrogens is 4. The van der Waals surface area contributed by atoms with E-state index in [-0.39, 0.29) is 6.61 Å². The van der Waals surface area contributed by atoms with Gasteiger partial charge in [-0.15, -0.1) is 5.10 Å². The van der Waals surface area contributed by atoms with Gasteiger partial charge in [0.2, 0.25) is 0 Å². The van der Waals surface area contributed by atoms with Crippen LogP contribution in [0, 0.1) is 0 Å². The number of hydrogen-bond donors (Lipinski definition) is 1. The van der Waals surface area contributed by atoms with Crippen molar-refractivity contribution in [3.63, 3.8) is 0 Å². The molecule has 0 unspecified atom stereocenters. The molecular weight excluding hydrogens is 188 g/mol. The standard InChI is InChI=1S/C7H12N4O3/c1-7(2,6(12)13)11-5(4-14-3)8-9-10-11/h4H2,1-3H3,(H,12,13). The second-order valence-electron chi connectivity index (χ2n) is 3.30. The molecule has 14 heavy (non-hydrogen) atoms. The van der Waals surface area contributed by atoms with Gasteiger partial charge in [0.1, 0.15) is 6.61 Å². The first-order chi connectivity index (χ1) is 6.50. The third kappa shape index (κ3) is 1.72. The summed E-state index contributed by atoms with van der Waals surface area (Å²) in [6, 6.07) is 0. The topological polar surface area (TPSA) is 90.1 Å². The first-order valence-corrected chi connectivity index (χ1v) is 4.00. The van der Waals surface area contributed by atoms with Crippen LogP contribution in [0.15, 0.2) is 0 Å². The SMILES string of the molecule is COCc1nnnn1C(C)(C)C(=O)O. The van der Waals surface area contributed by atoms with E-state index in [4.69, 9.17) is 9.84 Å². The van der Waals surface area contributed by atoms with Crippen molar-refractivity contribution in [1.82, 2.24) is 20.2 Å². The van der Waals surface area contributed by atoms with Gasteiger partial charge in [0.05, 0.1) is 0 Å². The number of hydrogen-bond acceptors (Lipinski definition) is 5. The molecule has 1 N–H and O–H groups in total. The highest BCUT2D eigenvalue weighted by Crippen LogP contribution is 2.15. The predicted octanol–water partition coefficient (Wildman–Crippen LogP) is -0.361. The lowest BCUT2D eigenvalue weighted by atomic mass is 10.1. The third-order valence-corrected chi connectivity index (χ3v) is 1.86. The summed E-state index contributed by atoms with van der Waals surface area (Å²) >= 11 is 0. The number of carboxylic acids is 1. The zero-order valence-electron chi connectivity index (χ0n) is 8.26. The fourth-order valence-electron chi connectivity index (χ4n) is 0.950. The number of nitrogens with zero attached hydrogens (tertiary/aromatic N) is 4. The van der Waals surface area contributed by atoms with Crippen LogP contribution in [0.4, 0.5) is 0 Å². The van der Waals surface area contributed by atoms with Gasteiger partial charge in [-0.3, -0.25) is 0 Å². The van der Waals surface area contributed by atoms with Crippen LogP contribution < -0.4 is 0 Å². The minimum absolute atomic E-state index is 0.184. The third-order valence-electron chi connectivity index (χ3n) is 1.86. The van der Waals surface area contributed by atoms with Crippen LogP contribution in [0.25, 0.3) is 0 Å². The Morgan fingerprint density at radius 3 is 2.79 bits per heavy atom. The zero-order chi connectivity index (χ0) is 10.8. The minimum Gasteiger partial charge on any atom is -0.479 e. The van der Waals surface area contributed by atoms with Crippen molar-refractivity contribution in [3.05, 3.63) is 5.82 Å². The molecule has 1 aromatic heterocycles. The quantitative estimate of drug-likeness (QED) is 0.713. The van der Waals surface area contributed by atoms with Gasteiger partial charge >= 0.3 is 5.97 Å². The molecule has 0 aromatic carbocycles. The monoisotopic (exact) mass is 200 g/mol. The Morgan fingerprint density at radius 1 is 1.64 bits per heavy atom. The number of tetrazole rings is 1. The first kappa shape index (κ1) is 10.6. The average molecular weight is 200 g/mol. The Hall–Kier alpha value is -1.50. The fourth-order valence-corrected chi connectivity index (χ4v) is 0.950.